The highest BCUT2D eigenvalue weighted by Crippen LogP contribution is 2.11. The third kappa shape index (κ3) is 5.14. The Morgan fingerprint density at radius 1 is 1.50 bits per heavy atom. The summed E-state index contributed by atoms with van der Waals surface area (Å²) in [7, 11) is 3.61. The molecule has 0 radical (unpaired) electrons. The molecule has 0 saturated heterocycles. The molecule has 0 amide bonds. The van der Waals surface area contributed by atoms with E-state index >= 15 is 0 Å². The van der Waals surface area contributed by atoms with Gasteiger partial charge in [-0.15, -0.1) is 12.4 Å². The third-order valence-corrected chi connectivity index (χ3v) is 2.26. The van der Waals surface area contributed by atoms with Crippen LogP contribution in [0.15, 0.2) is 24.5 Å². The van der Waals surface area contributed by atoms with Crippen molar-refractivity contribution in [3.63, 3.8) is 0 Å². The van der Waals surface area contributed by atoms with E-state index in [1.807, 2.05) is 19.3 Å². The third-order valence-electron chi connectivity index (χ3n) is 2.26. The van der Waals surface area contributed by atoms with Gasteiger partial charge in [0.25, 0.3) is 0 Å². The number of hydrogen-bond donors (Lipinski definition) is 1. The van der Waals surface area contributed by atoms with E-state index in [9.17, 15) is 0 Å². The fourth-order valence-electron chi connectivity index (χ4n) is 1.16. The molecular weight excluding hydrogens is 224 g/mol. The number of pyridine rings is 1. The Hall–Kier alpha value is -1.06. The van der Waals surface area contributed by atoms with Crippen molar-refractivity contribution in [2.75, 3.05) is 14.2 Å². The van der Waals surface area contributed by atoms with E-state index in [2.05, 4.69) is 29.4 Å². The zero-order chi connectivity index (χ0) is 11.1. The molecule has 1 rings (SSSR count). The molecule has 0 bridgehead atoms. The summed E-state index contributed by atoms with van der Waals surface area (Å²) in [6, 6.07) is 2.47. The van der Waals surface area contributed by atoms with Crippen molar-refractivity contribution in [3.8, 4) is 5.75 Å². The van der Waals surface area contributed by atoms with Crippen LogP contribution in [0.5, 0.6) is 5.75 Å². The second kappa shape index (κ2) is 8.13. The van der Waals surface area contributed by atoms with Crippen molar-refractivity contribution in [3.05, 3.63) is 30.1 Å². The molecule has 90 valence electrons. The zero-order valence-corrected chi connectivity index (χ0v) is 10.8. The summed E-state index contributed by atoms with van der Waals surface area (Å²) in [5.74, 6) is 0.791. The number of methoxy groups -OCH3 is 1. The van der Waals surface area contributed by atoms with Crippen LogP contribution in [0, 0.1) is 0 Å². The van der Waals surface area contributed by atoms with Gasteiger partial charge >= 0.3 is 0 Å². The molecule has 4 heteroatoms. The number of hydrogen-bond acceptors (Lipinski definition) is 3. The molecule has 3 nitrogen and oxygen atoms in total. The lowest BCUT2D eigenvalue weighted by molar-refractivity contribution is 0.413. The number of rotatable bonds is 5. The molecule has 0 aliphatic rings. The maximum Gasteiger partial charge on any atom is 0.137 e. The van der Waals surface area contributed by atoms with Gasteiger partial charge in [0.1, 0.15) is 5.75 Å². The van der Waals surface area contributed by atoms with Crippen molar-refractivity contribution in [1.29, 1.82) is 0 Å². The predicted molar refractivity (Wildman–Crippen MR) is 70.2 cm³/mol. The lowest BCUT2D eigenvalue weighted by Crippen LogP contribution is -2.19. The molecule has 0 fully saturated rings. The van der Waals surface area contributed by atoms with Gasteiger partial charge in [0.2, 0.25) is 0 Å². The van der Waals surface area contributed by atoms with Gasteiger partial charge in [0, 0.05) is 12.2 Å². The van der Waals surface area contributed by atoms with E-state index < -0.39 is 0 Å². The molecule has 0 aliphatic carbocycles. The molecule has 1 heterocycles. The minimum Gasteiger partial charge on any atom is -0.495 e. The van der Waals surface area contributed by atoms with Crippen LogP contribution in [-0.4, -0.2) is 25.2 Å². The summed E-state index contributed by atoms with van der Waals surface area (Å²) in [5.41, 5.74) is 1.07. The summed E-state index contributed by atoms with van der Waals surface area (Å²) in [5, 5.41) is 3.18. The maximum absolute atomic E-state index is 5.09. The van der Waals surface area contributed by atoms with Gasteiger partial charge in [-0.25, -0.2) is 0 Å². The zero-order valence-electron chi connectivity index (χ0n) is 9.93. The summed E-state index contributed by atoms with van der Waals surface area (Å²) >= 11 is 0. The van der Waals surface area contributed by atoms with Crippen LogP contribution in [-0.2, 0) is 0 Å². The molecule has 1 N–H and O–H groups in total. The van der Waals surface area contributed by atoms with Gasteiger partial charge in [-0.2, -0.15) is 0 Å². The number of nitrogens with zero attached hydrogens (tertiary/aromatic N) is 1. The first-order chi connectivity index (χ1) is 7.26. The first-order valence-electron chi connectivity index (χ1n) is 5.09. The van der Waals surface area contributed by atoms with E-state index in [1.165, 1.54) is 0 Å². The average molecular weight is 243 g/mol. The highest BCUT2D eigenvalue weighted by Gasteiger charge is 1.94. The van der Waals surface area contributed by atoms with Gasteiger partial charge in [0.05, 0.1) is 13.3 Å². The van der Waals surface area contributed by atoms with Gasteiger partial charge in [-0.3, -0.25) is 4.98 Å². The second-order valence-corrected chi connectivity index (χ2v) is 3.49. The van der Waals surface area contributed by atoms with Gasteiger partial charge in [0.15, 0.2) is 0 Å². The SMILES string of the molecule is CN[C@@H](C)C/C=C/c1cncc(OC)c1.Cl. The van der Waals surface area contributed by atoms with E-state index in [0.717, 1.165) is 17.7 Å². The quantitative estimate of drug-likeness (QED) is 0.862. The van der Waals surface area contributed by atoms with Crippen LogP contribution >= 0.6 is 12.4 Å². The largest absolute Gasteiger partial charge is 0.495 e. The summed E-state index contributed by atoms with van der Waals surface area (Å²) in [4.78, 5) is 4.08. The Morgan fingerprint density at radius 2 is 2.25 bits per heavy atom. The fourth-order valence-corrected chi connectivity index (χ4v) is 1.16. The van der Waals surface area contributed by atoms with Crippen molar-refractivity contribution < 1.29 is 4.74 Å². The lowest BCUT2D eigenvalue weighted by Gasteiger charge is -2.05. The average Bonchev–Trinajstić information content (AvgIpc) is 2.29. The Kier molecular flexibility index (Phi) is 7.60. The Bertz CT molecular complexity index is 329. The number of ether oxygens (including phenoxy) is 1. The topological polar surface area (TPSA) is 34.2 Å². The van der Waals surface area contributed by atoms with Crippen molar-refractivity contribution in [2.24, 2.45) is 0 Å². The first-order valence-corrected chi connectivity index (χ1v) is 5.09. The number of nitrogens with one attached hydrogen (secondary N) is 1. The fraction of sp³-hybridized carbons (Fsp3) is 0.417. The minimum absolute atomic E-state index is 0. The van der Waals surface area contributed by atoms with Gasteiger partial charge < -0.3 is 10.1 Å². The molecule has 16 heavy (non-hydrogen) atoms. The van der Waals surface area contributed by atoms with Crippen molar-refractivity contribution in [2.45, 2.75) is 19.4 Å². The Morgan fingerprint density at radius 3 is 2.88 bits per heavy atom. The summed E-state index contributed by atoms with van der Waals surface area (Å²) in [6.45, 7) is 2.15. The molecule has 1 aromatic rings. The van der Waals surface area contributed by atoms with E-state index in [0.29, 0.717) is 6.04 Å². The number of halogens is 1. The van der Waals surface area contributed by atoms with Crippen LogP contribution in [0.25, 0.3) is 6.08 Å². The standard InChI is InChI=1S/C12H18N2O.ClH/c1-10(13-2)5-4-6-11-7-12(15-3)9-14-8-11;/h4,6-10,13H,5H2,1-3H3;1H/b6-4+;/t10-;/m0./s1. The van der Waals surface area contributed by atoms with E-state index in [-0.39, 0.29) is 12.4 Å². The molecule has 0 unspecified atom stereocenters. The van der Waals surface area contributed by atoms with Crippen LogP contribution in [0.4, 0.5) is 0 Å². The molecule has 0 saturated carbocycles. The van der Waals surface area contributed by atoms with E-state index in [1.54, 1.807) is 13.3 Å². The van der Waals surface area contributed by atoms with Crippen molar-refractivity contribution >= 4 is 18.5 Å². The summed E-state index contributed by atoms with van der Waals surface area (Å²) in [6.07, 6.45) is 8.73. The molecule has 0 aliphatic heterocycles. The molecule has 1 atom stereocenters. The van der Waals surface area contributed by atoms with Crippen LogP contribution in [0.2, 0.25) is 0 Å². The van der Waals surface area contributed by atoms with Crippen LogP contribution in [0.3, 0.4) is 0 Å². The normalized spacial score (nSPS) is 12.2. The Balaban J connectivity index is 0.00000225. The maximum atomic E-state index is 5.09. The number of aromatic nitrogens is 1. The van der Waals surface area contributed by atoms with Crippen LogP contribution in [0.1, 0.15) is 18.9 Å². The molecule has 0 aromatic carbocycles. The molecule has 1 aromatic heterocycles. The van der Waals surface area contributed by atoms with Gasteiger partial charge in [-0.05, 0) is 32.0 Å². The highest BCUT2D eigenvalue weighted by atomic mass is 35.5. The molecule has 0 spiro atoms. The predicted octanol–water partition coefficient (Wildman–Crippen LogP) is 2.52. The first kappa shape index (κ1) is 14.9. The van der Waals surface area contributed by atoms with E-state index in [4.69, 9.17) is 4.74 Å². The second-order valence-electron chi connectivity index (χ2n) is 3.49. The van der Waals surface area contributed by atoms with Crippen LogP contribution < -0.4 is 10.1 Å². The molecular formula is C12H19ClN2O. The minimum atomic E-state index is 0. The van der Waals surface area contributed by atoms with Gasteiger partial charge in [-0.1, -0.05) is 12.2 Å². The van der Waals surface area contributed by atoms with Crippen molar-refractivity contribution in [1.82, 2.24) is 10.3 Å². The highest BCUT2D eigenvalue weighted by molar-refractivity contribution is 5.85. The Labute approximate surface area is 103 Å². The summed E-state index contributed by atoms with van der Waals surface area (Å²) < 4.78 is 5.09. The lowest BCUT2D eigenvalue weighted by atomic mass is 10.2. The smallest absolute Gasteiger partial charge is 0.137 e. The monoisotopic (exact) mass is 242 g/mol.